The van der Waals surface area contributed by atoms with Crippen molar-refractivity contribution in [1.29, 1.82) is 0 Å². The molecule has 25 heavy (non-hydrogen) atoms. The highest BCUT2D eigenvalue weighted by molar-refractivity contribution is 6.30. The van der Waals surface area contributed by atoms with Gasteiger partial charge in [0, 0.05) is 32.8 Å². The van der Waals surface area contributed by atoms with Crippen molar-refractivity contribution in [3.8, 4) is 28.3 Å². The maximum atomic E-state index is 11.0. The Morgan fingerprint density at radius 2 is 1.48 bits per heavy atom. The molecule has 0 amide bonds. The van der Waals surface area contributed by atoms with E-state index < -0.39 is 6.16 Å². The number of hydrogen-bond acceptors (Lipinski definition) is 3. The Morgan fingerprint density at radius 3 is 2.00 bits per heavy atom. The van der Waals surface area contributed by atoms with Gasteiger partial charge in [0.1, 0.15) is 5.75 Å². The first kappa shape index (κ1) is 17.3. The predicted octanol–water partition coefficient (Wildman–Crippen LogP) is 6.09. The van der Waals surface area contributed by atoms with Gasteiger partial charge in [-0.05, 0) is 31.2 Å². The summed E-state index contributed by atoms with van der Waals surface area (Å²) in [5.74, 6) is 0.234. The maximum absolute atomic E-state index is 11.0. The summed E-state index contributed by atoms with van der Waals surface area (Å²) in [6.07, 6.45) is -1.38. The summed E-state index contributed by atoms with van der Waals surface area (Å²) in [4.78, 5) is 15.7. The van der Waals surface area contributed by atoms with Gasteiger partial charge in [0.15, 0.2) is 0 Å². The molecule has 0 fully saturated rings. The number of halogens is 2. The van der Waals surface area contributed by atoms with Gasteiger partial charge in [-0.2, -0.15) is 0 Å². The van der Waals surface area contributed by atoms with Crippen LogP contribution in [0, 0.1) is 6.92 Å². The maximum Gasteiger partial charge on any atom is 0.511 e. The molecular weight excluding hydrogens is 361 g/mol. The van der Waals surface area contributed by atoms with Crippen molar-refractivity contribution in [2.45, 2.75) is 6.92 Å². The van der Waals surface area contributed by atoms with Gasteiger partial charge in [0.05, 0.1) is 11.4 Å². The summed E-state index contributed by atoms with van der Waals surface area (Å²) >= 11 is 11.9. The number of rotatable bonds is 3. The van der Waals surface area contributed by atoms with Crippen LogP contribution in [0.1, 0.15) is 5.56 Å². The summed E-state index contributed by atoms with van der Waals surface area (Å²) in [5, 5.41) is 10.2. The fraction of sp³-hybridized carbons (Fsp3) is 0.0526. The molecule has 3 aromatic rings. The third-order valence-electron chi connectivity index (χ3n) is 3.68. The van der Waals surface area contributed by atoms with Crippen molar-refractivity contribution in [2.24, 2.45) is 0 Å². The Labute approximate surface area is 154 Å². The van der Waals surface area contributed by atoms with E-state index in [0.29, 0.717) is 27.0 Å². The minimum Gasteiger partial charge on any atom is -0.449 e. The summed E-state index contributed by atoms with van der Waals surface area (Å²) in [6, 6.07) is 15.9. The molecule has 6 heteroatoms. The van der Waals surface area contributed by atoms with Gasteiger partial charge in [0.2, 0.25) is 0 Å². The molecule has 0 spiro atoms. The van der Waals surface area contributed by atoms with Gasteiger partial charge in [0.25, 0.3) is 0 Å². The minimum absolute atomic E-state index is 0.234. The van der Waals surface area contributed by atoms with Crippen LogP contribution in [0.3, 0.4) is 0 Å². The molecule has 0 unspecified atom stereocenters. The molecule has 0 radical (unpaired) electrons. The van der Waals surface area contributed by atoms with Crippen LogP contribution in [-0.2, 0) is 0 Å². The van der Waals surface area contributed by atoms with E-state index in [0.717, 1.165) is 11.1 Å². The summed E-state index contributed by atoms with van der Waals surface area (Å²) in [6.45, 7) is 1.76. The lowest BCUT2D eigenvalue weighted by molar-refractivity contribution is 0.144. The SMILES string of the molecule is Cc1c(OC(=O)O)cc(-c2ccc(Cl)cc2)nc1-c1ccc(Cl)cc1. The largest absolute Gasteiger partial charge is 0.511 e. The number of pyridine rings is 1. The van der Waals surface area contributed by atoms with Crippen molar-refractivity contribution in [3.05, 3.63) is 70.2 Å². The minimum atomic E-state index is -1.38. The molecule has 0 aliphatic rings. The second-order valence-corrected chi connectivity index (χ2v) is 6.23. The first-order chi connectivity index (χ1) is 11.9. The second kappa shape index (κ2) is 7.13. The third kappa shape index (κ3) is 3.92. The number of nitrogens with zero attached hydrogens (tertiary/aromatic N) is 1. The average Bonchev–Trinajstić information content (AvgIpc) is 2.58. The smallest absolute Gasteiger partial charge is 0.449 e. The van der Waals surface area contributed by atoms with Gasteiger partial charge >= 0.3 is 6.16 Å². The van der Waals surface area contributed by atoms with E-state index in [2.05, 4.69) is 4.98 Å². The van der Waals surface area contributed by atoms with E-state index >= 15 is 0 Å². The number of carboxylic acid groups (broad SMARTS) is 1. The van der Waals surface area contributed by atoms with Gasteiger partial charge in [-0.3, -0.25) is 0 Å². The van der Waals surface area contributed by atoms with Crippen LogP contribution in [0.15, 0.2) is 54.6 Å². The zero-order chi connectivity index (χ0) is 18.0. The van der Waals surface area contributed by atoms with E-state index in [1.807, 2.05) is 24.3 Å². The molecule has 1 heterocycles. The fourth-order valence-electron chi connectivity index (χ4n) is 2.44. The fourth-order valence-corrected chi connectivity index (χ4v) is 2.70. The van der Waals surface area contributed by atoms with Crippen LogP contribution >= 0.6 is 23.2 Å². The predicted molar refractivity (Wildman–Crippen MR) is 98.5 cm³/mol. The van der Waals surface area contributed by atoms with E-state index in [1.54, 1.807) is 37.3 Å². The molecule has 0 aliphatic carbocycles. The van der Waals surface area contributed by atoms with Crippen LogP contribution in [-0.4, -0.2) is 16.2 Å². The van der Waals surface area contributed by atoms with E-state index in [4.69, 9.17) is 33.0 Å². The Balaban J connectivity index is 2.18. The number of carbonyl (C=O) groups is 1. The summed E-state index contributed by atoms with van der Waals surface area (Å²) < 4.78 is 4.94. The Bertz CT molecular complexity index is 923. The van der Waals surface area contributed by atoms with Crippen molar-refractivity contribution >= 4 is 29.4 Å². The standard InChI is InChI=1S/C19H13Cl2NO3/c1-11-17(25-19(23)24)10-16(12-2-6-14(20)7-3-12)22-18(11)13-4-8-15(21)9-5-13/h2-10H,1H3,(H,23,24). The highest BCUT2D eigenvalue weighted by atomic mass is 35.5. The van der Waals surface area contributed by atoms with Gasteiger partial charge in [-0.15, -0.1) is 0 Å². The lowest BCUT2D eigenvalue weighted by Crippen LogP contribution is -2.06. The van der Waals surface area contributed by atoms with Gasteiger partial charge in [-0.25, -0.2) is 9.78 Å². The average molecular weight is 374 g/mol. The molecule has 126 valence electrons. The van der Waals surface area contributed by atoms with Crippen molar-refractivity contribution in [3.63, 3.8) is 0 Å². The number of benzene rings is 2. The Hall–Kier alpha value is -2.56. The van der Waals surface area contributed by atoms with Crippen molar-refractivity contribution in [1.82, 2.24) is 4.98 Å². The van der Waals surface area contributed by atoms with Crippen molar-refractivity contribution < 1.29 is 14.6 Å². The van der Waals surface area contributed by atoms with Gasteiger partial charge < -0.3 is 9.84 Å². The first-order valence-corrected chi connectivity index (χ1v) is 8.14. The highest BCUT2D eigenvalue weighted by Crippen LogP contribution is 2.33. The van der Waals surface area contributed by atoms with E-state index in [1.165, 1.54) is 0 Å². The van der Waals surface area contributed by atoms with Crippen LogP contribution < -0.4 is 4.74 Å². The molecule has 2 aromatic carbocycles. The summed E-state index contributed by atoms with van der Waals surface area (Å²) in [7, 11) is 0. The lowest BCUT2D eigenvalue weighted by atomic mass is 10.0. The van der Waals surface area contributed by atoms with Crippen LogP contribution in [0.2, 0.25) is 10.0 Å². The molecule has 3 rings (SSSR count). The Kier molecular flexibility index (Phi) is 4.93. The normalized spacial score (nSPS) is 10.5. The third-order valence-corrected chi connectivity index (χ3v) is 4.18. The number of ether oxygens (including phenoxy) is 1. The molecule has 1 aromatic heterocycles. The molecule has 0 atom stereocenters. The number of hydrogen-bond donors (Lipinski definition) is 1. The summed E-state index contributed by atoms with van der Waals surface area (Å²) in [5.41, 5.74) is 3.45. The number of aromatic nitrogens is 1. The first-order valence-electron chi connectivity index (χ1n) is 7.38. The zero-order valence-corrected chi connectivity index (χ0v) is 14.7. The monoisotopic (exact) mass is 373 g/mol. The molecule has 0 saturated heterocycles. The zero-order valence-electron chi connectivity index (χ0n) is 13.2. The molecule has 1 N–H and O–H groups in total. The van der Waals surface area contributed by atoms with Crippen LogP contribution in [0.5, 0.6) is 5.75 Å². The van der Waals surface area contributed by atoms with Crippen LogP contribution in [0.4, 0.5) is 4.79 Å². The second-order valence-electron chi connectivity index (χ2n) is 5.36. The van der Waals surface area contributed by atoms with Crippen molar-refractivity contribution in [2.75, 3.05) is 0 Å². The molecule has 0 aliphatic heterocycles. The lowest BCUT2D eigenvalue weighted by Gasteiger charge is -2.13. The Morgan fingerprint density at radius 1 is 0.960 bits per heavy atom. The molecule has 0 bridgehead atoms. The van der Waals surface area contributed by atoms with Gasteiger partial charge in [-0.1, -0.05) is 47.5 Å². The quantitative estimate of drug-likeness (QED) is 0.564. The van der Waals surface area contributed by atoms with E-state index in [-0.39, 0.29) is 5.75 Å². The molecule has 4 nitrogen and oxygen atoms in total. The molecule has 0 saturated carbocycles. The highest BCUT2D eigenvalue weighted by Gasteiger charge is 2.15. The molecular formula is C19H13Cl2NO3. The van der Waals surface area contributed by atoms with Crippen LogP contribution in [0.25, 0.3) is 22.5 Å². The van der Waals surface area contributed by atoms with E-state index in [9.17, 15) is 4.79 Å². The topological polar surface area (TPSA) is 59.4 Å².